The quantitative estimate of drug-likeness (QED) is 0.785. The molecule has 1 aliphatic rings. The summed E-state index contributed by atoms with van der Waals surface area (Å²) in [6.07, 6.45) is 2.75. The molecule has 1 atom stereocenters. The number of halogens is 2. The fourth-order valence-electron chi connectivity index (χ4n) is 2.54. The second-order valence-electron chi connectivity index (χ2n) is 5.39. The highest BCUT2D eigenvalue weighted by atomic mass is 79.9. The van der Waals surface area contributed by atoms with Gasteiger partial charge in [0.05, 0.1) is 4.90 Å². The Balaban J connectivity index is 2.34. The monoisotopic (exact) mass is 438 g/mol. The van der Waals surface area contributed by atoms with Crippen LogP contribution in [0, 0.1) is 6.92 Å². The number of hydrogen-bond donors (Lipinski definition) is 1. The molecule has 0 aromatic heterocycles. The van der Waals surface area contributed by atoms with E-state index in [9.17, 15) is 8.42 Å². The first-order valence-electron chi connectivity index (χ1n) is 6.98. The van der Waals surface area contributed by atoms with Crippen LogP contribution in [-0.4, -0.2) is 38.9 Å². The van der Waals surface area contributed by atoms with Crippen molar-refractivity contribution in [3.05, 3.63) is 26.6 Å². The van der Waals surface area contributed by atoms with E-state index < -0.39 is 10.0 Å². The van der Waals surface area contributed by atoms with Crippen molar-refractivity contribution < 1.29 is 8.42 Å². The summed E-state index contributed by atoms with van der Waals surface area (Å²) in [6.45, 7) is 3.76. The van der Waals surface area contributed by atoms with Gasteiger partial charge in [-0.2, -0.15) is 4.31 Å². The lowest BCUT2D eigenvalue weighted by atomic mass is 10.1. The van der Waals surface area contributed by atoms with Gasteiger partial charge in [-0.1, -0.05) is 15.9 Å². The Kier molecular flexibility index (Phi) is 5.87. The first-order valence-corrected chi connectivity index (χ1v) is 10.0. The molecular weight excluding hydrogens is 420 g/mol. The second-order valence-corrected chi connectivity index (χ2v) is 9.06. The maximum Gasteiger partial charge on any atom is 0.244 e. The Morgan fingerprint density at radius 3 is 2.62 bits per heavy atom. The van der Waals surface area contributed by atoms with E-state index in [4.69, 9.17) is 0 Å². The van der Waals surface area contributed by atoms with E-state index in [2.05, 4.69) is 37.2 Å². The fraction of sp³-hybridized carbons (Fsp3) is 0.571. The lowest BCUT2D eigenvalue weighted by Gasteiger charge is -2.27. The van der Waals surface area contributed by atoms with E-state index in [1.807, 2.05) is 13.0 Å². The molecule has 1 heterocycles. The minimum absolute atomic E-state index is 0.0528. The Morgan fingerprint density at radius 2 is 1.90 bits per heavy atom. The molecule has 1 saturated heterocycles. The summed E-state index contributed by atoms with van der Waals surface area (Å²) in [5, 5.41) is 3.31. The Hall–Kier alpha value is 0.0500. The number of rotatable bonds is 3. The van der Waals surface area contributed by atoms with E-state index in [1.165, 1.54) is 4.31 Å². The van der Waals surface area contributed by atoms with Gasteiger partial charge in [0.1, 0.15) is 0 Å². The van der Waals surface area contributed by atoms with Crippen LogP contribution < -0.4 is 5.32 Å². The van der Waals surface area contributed by atoms with Crippen molar-refractivity contribution >= 4 is 41.9 Å². The van der Waals surface area contributed by atoms with E-state index in [0.29, 0.717) is 9.37 Å². The zero-order chi connectivity index (χ0) is 15.6. The Labute approximate surface area is 143 Å². The summed E-state index contributed by atoms with van der Waals surface area (Å²) in [7, 11) is -1.81. The predicted molar refractivity (Wildman–Crippen MR) is 92.0 cm³/mol. The van der Waals surface area contributed by atoms with Crippen molar-refractivity contribution in [2.24, 2.45) is 0 Å². The highest BCUT2D eigenvalue weighted by Gasteiger charge is 2.30. The summed E-state index contributed by atoms with van der Waals surface area (Å²) in [4.78, 5) is 0.319. The second kappa shape index (κ2) is 7.08. The molecule has 0 saturated carbocycles. The SMILES string of the molecule is Cc1cc(Br)c(S(=O)(=O)N(C)C2CCCNCC2)cc1Br. The molecule has 0 bridgehead atoms. The summed E-state index contributed by atoms with van der Waals surface area (Å²) < 4.78 is 28.7. The number of aryl methyl sites for hydroxylation is 1. The molecule has 0 aliphatic carbocycles. The van der Waals surface area contributed by atoms with Crippen LogP contribution in [0.1, 0.15) is 24.8 Å². The molecule has 0 amide bonds. The van der Waals surface area contributed by atoms with Crippen LogP contribution in [0.3, 0.4) is 0 Å². The average Bonchev–Trinajstić information content (AvgIpc) is 2.70. The molecule has 0 spiro atoms. The largest absolute Gasteiger partial charge is 0.317 e. The van der Waals surface area contributed by atoms with Crippen molar-refractivity contribution in [2.75, 3.05) is 20.1 Å². The number of sulfonamides is 1. The first kappa shape index (κ1) is 17.4. The molecule has 1 aromatic rings. The van der Waals surface area contributed by atoms with Crippen LogP contribution >= 0.6 is 31.9 Å². The highest BCUT2D eigenvalue weighted by molar-refractivity contribution is 9.11. The van der Waals surface area contributed by atoms with Crippen LogP contribution in [0.25, 0.3) is 0 Å². The third-order valence-electron chi connectivity index (χ3n) is 3.93. The molecule has 2 rings (SSSR count). The van der Waals surface area contributed by atoms with Gasteiger partial charge < -0.3 is 5.32 Å². The molecule has 7 heteroatoms. The Bertz CT molecular complexity index is 612. The van der Waals surface area contributed by atoms with Gasteiger partial charge in [-0.15, -0.1) is 0 Å². The summed E-state index contributed by atoms with van der Waals surface area (Å²) in [6, 6.07) is 3.57. The van der Waals surface area contributed by atoms with Gasteiger partial charge in [0.25, 0.3) is 0 Å². The van der Waals surface area contributed by atoms with Crippen molar-refractivity contribution in [3.8, 4) is 0 Å². The zero-order valence-corrected chi connectivity index (χ0v) is 16.2. The molecule has 1 aromatic carbocycles. The predicted octanol–water partition coefficient (Wildman–Crippen LogP) is 3.28. The van der Waals surface area contributed by atoms with Gasteiger partial charge in [-0.05, 0) is 72.9 Å². The third-order valence-corrected chi connectivity index (χ3v) is 7.65. The molecule has 21 heavy (non-hydrogen) atoms. The average molecular weight is 440 g/mol. The van der Waals surface area contributed by atoms with Crippen molar-refractivity contribution in [3.63, 3.8) is 0 Å². The van der Waals surface area contributed by atoms with Gasteiger partial charge in [-0.3, -0.25) is 0 Å². The smallest absolute Gasteiger partial charge is 0.244 e. The van der Waals surface area contributed by atoms with Gasteiger partial charge in [0, 0.05) is 22.0 Å². The molecule has 1 unspecified atom stereocenters. The number of nitrogens with one attached hydrogen (secondary N) is 1. The molecule has 4 nitrogen and oxygen atoms in total. The highest BCUT2D eigenvalue weighted by Crippen LogP contribution is 2.32. The van der Waals surface area contributed by atoms with E-state index >= 15 is 0 Å². The van der Waals surface area contributed by atoms with Crippen LogP contribution in [0.5, 0.6) is 0 Å². The van der Waals surface area contributed by atoms with E-state index in [0.717, 1.165) is 42.4 Å². The maximum atomic E-state index is 12.9. The van der Waals surface area contributed by atoms with E-state index in [1.54, 1.807) is 13.1 Å². The topological polar surface area (TPSA) is 49.4 Å². The lowest BCUT2D eigenvalue weighted by molar-refractivity contribution is 0.341. The third kappa shape index (κ3) is 3.88. The summed E-state index contributed by atoms with van der Waals surface area (Å²) in [5.74, 6) is 0. The standard InChI is InChI=1S/C14H20Br2N2O2S/c1-10-8-13(16)14(9-12(10)15)21(19,20)18(2)11-4-3-6-17-7-5-11/h8-9,11,17H,3-7H2,1-2H3. The molecule has 1 N–H and O–H groups in total. The molecule has 1 aliphatic heterocycles. The Morgan fingerprint density at radius 1 is 1.19 bits per heavy atom. The maximum absolute atomic E-state index is 12.9. The number of hydrogen-bond acceptors (Lipinski definition) is 3. The van der Waals surface area contributed by atoms with Crippen LogP contribution in [0.4, 0.5) is 0 Å². The van der Waals surface area contributed by atoms with Crippen molar-refractivity contribution in [1.29, 1.82) is 0 Å². The van der Waals surface area contributed by atoms with Crippen LogP contribution in [0.2, 0.25) is 0 Å². The summed E-state index contributed by atoms with van der Waals surface area (Å²) in [5.41, 5.74) is 1.00. The van der Waals surface area contributed by atoms with Gasteiger partial charge in [-0.25, -0.2) is 8.42 Å². The lowest BCUT2D eigenvalue weighted by Crippen LogP contribution is -2.37. The van der Waals surface area contributed by atoms with Crippen molar-refractivity contribution in [1.82, 2.24) is 9.62 Å². The number of benzene rings is 1. The number of nitrogens with zero attached hydrogens (tertiary/aromatic N) is 1. The minimum atomic E-state index is -3.50. The van der Waals surface area contributed by atoms with Gasteiger partial charge >= 0.3 is 0 Å². The van der Waals surface area contributed by atoms with Crippen LogP contribution in [0.15, 0.2) is 26.0 Å². The summed E-state index contributed by atoms with van der Waals surface area (Å²) >= 11 is 6.80. The molecule has 1 fully saturated rings. The molecule has 118 valence electrons. The fourth-order valence-corrected chi connectivity index (χ4v) is 5.59. The minimum Gasteiger partial charge on any atom is -0.317 e. The van der Waals surface area contributed by atoms with Gasteiger partial charge in [0.15, 0.2) is 0 Å². The molecular formula is C14H20Br2N2O2S. The zero-order valence-electron chi connectivity index (χ0n) is 12.2. The first-order chi connectivity index (χ1) is 9.84. The van der Waals surface area contributed by atoms with Crippen LogP contribution in [-0.2, 0) is 10.0 Å². The normalized spacial score (nSPS) is 20.5. The molecule has 0 radical (unpaired) electrons. The van der Waals surface area contributed by atoms with Crippen molar-refractivity contribution in [2.45, 2.75) is 37.1 Å². The van der Waals surface area contributed by atoms with E-state index in [-0.39, 0.29) is 6.04 Å². The van der Waals surface area contributed by atoms with Gasteiger partial charge in [0.2, 0.25) is 10.0 Å².